The molecule has 1 heterocycles. The molecule has 154 valence electrons. The van der Waals surface area contributed by atoms with Crippen LogP contribution < -0.4 is 9.47 Å². The molecule has 1 aromatic heterocycles. The summed E-state index contributed by atoms with van der Waals surface area (Å²) in [6.07, 6.45) is 1.29. The van der Waals surface area contributed by atoms with Crippen LogP contribution >= 0.6 is 0 Å². The fourth-order valence-corrected chi connectivity index (χ4v) is 3.49. The van der Waals surface area contributed by atoms with Gasteiger partial charge in [-0.2, -0.15) is 0 Å². The van der Waals surface area contributed by atoms with Crippen LogP contribution in [0.4, 0.5) is 0 Å². The molecule has 0 bridgehead atoms. The molecule has 0 aliphatic heterocycles. The Morgan fingerprint density at radius 2 is 1.86 bits per heavy atom. The van der Waals surface area contributed by atoms with E-state index in [2.05, 4.69) is 46.7 Å². The van der Waals surface area contributed by atoms with Crippen molar-refractivity contribution in [2.24, 2.45) is 0 Å². The van der Waals surface area contributed by atoms with Crippen molar-refractivity contribution in [3.8, 4) is 11.5 Å². The monoisotopic (exact) mass is 394 g/mol. The molecule has 0 saturated heterocycles. The first-order chi connectivity index (χ1) is 14.0. The summed E-state index contributed by atoms with van der Waals surface area (Å²) in [6.45, 7) is 4.33. The number of benzene rings is 2. The minimum atomic E-state index is 0.122. The van der Waals surface area contributed by atoms with Gasteiger partial charge in [-0.05, 0) is 63.2 Å². The molecular formula is C24H30N2O3. The quantitative estimate of drug-likeness (QED) is 0.473. The zero-order chi connectivity index (χ0) is 20.8. The van der Waals surface area contributed by atoms with E-state index in [1.165, 1.54) is 16.6 Å². The van der Waals surface area contributed by atoms with Gasteiger partial charge in [0.1, 0.15) is 6.61 Å². The van der Waals surface area contributed by atoms with E-state index in [0.29, 0.717) is 30.1 Å². The number of para-hydroxylation sites is 1. The summed E-state index contributed by atoms with van der Waals surface area (Å²) in [7, 11) is 5.60. The summed E-state index contributed by atoms with van der Waals surface area (Å²) in [5, 5.41) is 1.24. The Kier molecular flexibility index (Phi) is 6.94. The second kappa shape index (κ2) is 9.61. The molecule has 3 aromatic rings. The van der Waals surface area contributed by atoms with Crippen molar-refractivity contribution < 1.29 is 14.3 Å². The number of carbonyl (C=O) groups excluding carboxylic acids is 1. The molecule has 0 aliphatic rings. The summed E-state index contributed by atoms with van der Waals surface area (Å²) in [5.41, 5.74) is 3.11. The third-order valence-electron chi connectivity index (χ3n) is 5.08. The van der Waals surface area contributed by atoms with E-state index in [1.807, 2.05) is 26.2 Å². The maximum absolute atomic E-state index is 12.7. The number of likely N-dealkylation sites (N-methyl/N-ethyl adjacent to an activating group) is 1. The lowest BCUT2D eigenvalue weighted by Gasteiger charge is -2.14. The van der Waals surface area contributed by atoms with Gasteiger partial charge in [0.25, 0.3) is 0 Å². The molecule has 0 spiro atoms. The zero-order valence-corrected chi connectivity index (χ0v) is 17.8. The normalized spacial score (nSPS) is 11.2. The van der Waals surface area contributed by atoms with Crippen molar-refractivity contribution in [3.05, 3.63) is 59.8 Å². The molecule has 3 rings (SSSR count). The molecule has 0 saturated carbocycles. The summed E-state index contributed by atoms with van der Waals surface area (Å²) in [6, 6.07) is 16.0. The van der Waals surface area contributed by atoms with Gasteiger partial charge < -0.3 is 18.9 Å². The fourth-order valence-electron chi connectivity index (χ4n) is 3.49. The van der Waals surface area contributed by atoms with E-state index in [1.54, 1.807) is 13.2 Å². The third-order valence-corrected chi connectivity index (χ3v) is 5.08. The van der Waals surface area contributed by atoms with E-state index in [0.717, 1.165) is 19.5 Å². The highest BCUT2D eigenvalue weighted by Crippen LogP contribution is 2.29. The molecule has 29 heavy (non-hydrogen) atoms. The van der Waals surface area contributed by atoms with Gasteiger partial charge in [-0.1, -0.05) is 18.2 Å². The van der Waals surface area contributed by atoms with Crippen LogP contribution in [0, 0.1) is 6.92 Å². The van der Waals surface area contributed by atoms with Gasteiger partial charge in [-0.3, -0.25) is 4.79 Å². The Hall–Kier alpha value is -2.79. The fraction of sp³-hybridized carbons (Fsp3) is 0.375. The maximum atomic E-state index is 12.7. The number of ether oxygens (including phenoxy) is 2. The van der Waals surface area contributed by atoms with E-state index in [9.17, 15) is 4.79 Å². The van der Waals surface area contributed by atoms with Gasteiger partial charge in [0.2, 0.25) is 0 Å². The van der Waals surface area contributed by atoms with Crippen molar-refractivity contribution in [1.29, 1.82) is 0 Å². The van der Waals surface area contributed by atoms with E-state index in [4.69, 9.17) is 9.47 Å². The van der Waals surface area contributed by atoms with Crippen molar-refractivity contribution >= 4 is 16.7 Å². The SMILES string of the molecule is COc1cc(C(=O)CCCn2c(C)cc3ccccc32)ccc1OCCN(C)C. The van der Waals surface area contributed by atoms with Gasteiger partial charge in [0, 0.05) is 36.3 Å². The Morgan fingerprint density at radius 3 is 2.62 bits per heavy atom. The number of Topliss-reactive ketones (excluding diaryl/α,β-unsaturated/α-hetero) is 1. The summed E-state index contributed by atoms with van der Waals surface area (Å²) in [4.78, 5) is 14.7. The molecule has 0 fully saturated rings. The summed E-state index contributed by atoms with van der Waals surface area (Å²) >= 11 is 0. The smallest absolute Gasteiger partial charge is 0.163 e. The average Bonchev–Trinajstić information content (AvgIpc) is 3.03. The number of ketones is 1. The van der Waals surface area contributed by atoms with E-state index in [-0.39, 0.29) is 5.78 Å². The number of carbonyl (C=O) groups is 1. The average molecular weight is 395 g/mol. The van der Waals surface area contributed by atoms with Gasteiger partial charge in [0.05, 0.1) is 7.11 Å². The molecule has 0 unspecified atom stereocenters. The van der Waals surface area contributed by atoms with Crippen LogP contribution in [0.3, 0.4) is 0 Å². The molecule has 0 atom stereocenters. The second-order valence-electron chi connectivity index (χ2n) is 7.54. The van der Waals surface area contributed by atoms with E-state index >= 15 is 0 Å². The number of hydrogen-bond acceptors (Lipinski definition) is 4. The Balaban J connectivity index is 1.60. The molecule has 0 aliphatic carbocycles. The molecule has 5 nitrogen and oxygen atoms in total. The first kappa shape index (κ1) is 20.9. The molecule has 5 heteroatoms. The lowest BCUT2D eigenvalue weighted by molar-refractivity contribution is 0.0978. The van der Waals surface area contributed by atoms with Crippen LogP contribution in [0.15, 0.2) is 48.5 Å². The van der Waals surface area contributed by atoms with Gasteiger partial charge in [-0.15, -0.1) is 0 Å². The predicted octanol–water partition coefficient (Wildman–Crippen LogP) is 4.56. The van der Waals surface area contributed by atoms with Gasteiger partial charge >= 0.3 is 0 Å². The Bertz CT molecular complexity index is 975. The highest BCUT2D eigenvalue weighted by atomic mass is 16.5. The van der Waals surface area contributed by atoms with Gasteiger partial charge in [-0.25, -0.2) is 0 Å². The van der Waals surface area contributed by atoms with Crippen LogP contribution in [0.25, 0.3) is 10.9 Å². The topological polar surface area (TPSA) is 43.7 Å². The highest BCUT2D eigenvalue weighted by molar-refractivity contribution is 5.96. The standard InChI is InChI=1S/C24H30N2O3/c1-18-16-19-8-5-6-9-21(19)26(18)13-7-10-22(27)20-11-12-23(24(17-20)28-4)29-15-14-25(2)3/h5-6,8-9,11-12,16-17H,7,10,13-15H2,1-4H3. The van der Waals surface area contributed by atoms with Crippen LogP contribution in [0.5, 0.6) is 11.5 Å². The number of aromatic nitrogens is 1. The molecule has 0 amide bonds. The first-order valence-corrected chi connectivity index (χ1v) is 10.0. The van der Waals surface area contributed by atoms with Crippen molar-refractivity contribution in [2.75, 3.05) is 34.4 Å². The molecule has 2 aromatic carbocycles. The Morgan fingerprint density at radius 1 is 1.07 bits per heavy atom. The van der Waals surface area contributed by atoms with Crippen LogP contribution in [0.2, 0.25) is 0 Å². The number of rotatable bonds is 10. The highest BCUT2D eigenvalue weighted by Gasteiger charge is 2.12. The molecule has 0 N–H and O–H groups in total. The van der Waals surface area contributed by atoms with Crippen molar-refractivity contribution in [1.82, 2.24) is 9.47 Å². The number of fused-ring (bicyclic) bond motifs is 1. The lowest BCUT2D eigenvalue weighted by Crippen LogP contribution is -2.19. The number of nitrogens with zero attached hydrogens (tertiary/aromatic N) is 2. The minimum Gasteiger partial charge on any atom is -0.493 e. The van der Waals surface area contributed by atoms with Crippen LogP contribution in [0.1, 0.15) is 28.9 Å². The number of aryl methyl sites for hydroxylation is 2. The van der Waals surface area contributed by atoms with Crippen LogP contribution in [-0.2, 0) is 6.54 Å². The van der Waals surface area contributed by atoms with Crippen molar-refractivity contribution in [2.45, 2.75) is 26.3 Å². The second-order valence-corrected chi connectivity index (χ2v) is 7.54. The van der Waals surface area contributed by atoms with Crippen LogP contribution in [-0.4, -0.2) is 49.6 Å². The molecular weight excluding hydrogens is 364 g/mol. The number of hydrogen-bond donors (Lipinski definition) is 0. The van der Waals surface area contributed by atoms with E-state index < -0.39 is 0 Å². The number of methoxy groups -OCH3 is 1. The lowest BCUT2D eigenvalue weighted by atomic mass is 10.1. The minimum absolute atomic E-state index is 0.122. The zero-order valence-electron chi connectivity index (χ0n) is 17.8. The Labute approximate surface area is 172 Å². The van der Waals surface area contributed by atoms with Gasteiger partial charge in [0.15, 0.2) is 17.3 Å². The predicted molar refractivity (Wildman–Crippen MR) is 117 cm³/mol. The first-order valence-electron chi connectivity index (χ1n) is 10.0. The molecule has 0 radical (unpaired) electrons. The summed E-state index contributed by atoms with van der Waals surface area (Å²) in [5.74, 6) is 1.39. The van der Waals surface area contributed by atoms with Crippen molar-refractivity contribution in [3.63, 3.8) is 0 Å². The summed E-state index contributed by atoms with van der Waals surface area (Å²) < 4.78 is 13.5. The third kappa shape index (κ3) is 5.18. The largest absolute Gasteiger partial charge is 0.493 e. The maximum Gasteiger partial charge on any atom is 0.163 e.